The van der Waals surface area contributed by atoms with Crippen LogP contribution >= 0.6 is 0 Å². The van der Waals surface area contributed by atoms with Crippen LogP contribution in [0.15, 0.2) is 115 Å². The number of rotatable bonds is 8. The van der Waals surface area contributed by atoms with Crippen LogP contribution in [-0.2, 0) is 19.0 Å². The van der Waals surface area contributed by atoms with E-state index in [1.54, 1.807) is 18.2 Å². The second-order valence-electron chi connectivity index (χ2n) is 12.8. The number of hydrogen-bond donors (Lipinski definition) is 0. The maximum Gasteiger partial charge on any atom is 0.417 e. The van der Waals surface area contributed by atoms with E-state index in [9.17, 15) is 22.0 Å². The molecule has 0 aliphatic carbocycles. The van der Waals surface area contributed by atoms with E-state index in [1.807, 2.05) is 31.2 Å². The number of aryl methyl sites for hydroxylation is 3. The minimum atomic E-state index is -4.77. The molecule has 0 atom stereocenters. The first-order chi connectivity index (χ1) is 25.3. The van der Waals surface area contributed by atoms with E-state index in [-0.39, 0.29) is 45.9 Å². The molecule has 0 radical (unpaired) electrons. The molecule has 0 nitrogen and oxygen atoms in total. The molecule has 6 aromatic carbocycles. The molecule has 268 valence electrons. The second kappa shape index (κ2) is 15.5. The number of allylic oxidation sites excluding steroid dienone is 1. The van der Waals surface area contributed by atoms with Gasteiger partial charge in [0, 0.05) is 16.7 Å². The molecule has 8 heteroatoms. The van der Waals surface area contributed by atoms with Crippen molar-refractivity contribution in [1.29, 1.82) is 0 Å². The van der Waals surface area contributed by atoms with Crippen molar-refractivity contribution in [3.05, 3.63) is 166 Å². The first-order valence-corrected chi connectivity index (χ1v) is 17.0. The Morgan fingerprint density at radius 2 is 1.28 bits per heavy atom. The van der Waals surface area contributed by atoms with Gasteiger partial charge in [-0.3, -0.25) is 0 Å². The first-order valence-electron chi connectivity index (χ1n) is 17.0. The lowest BCUT2D eigenvalue weighted by atomic mass is 9.91. The number of benzene rings is 6. The van der Waals surface area contributed by atoms with Crippen LogP contribution < -0.4 is 0 Å². The van der Waals surface area contributed by atoms with E-state index in [2.05, 4.69) is 18.8 Å². The molecule has 53 heavy (non-hydrogen) atoms. The summed E-state index contributed by atoms with van der Waals surface area (Å²) >= 11 is 0. The normalized spacial score (nSPS) is 11.4. The van der Waals surface area contributed by atoms with Gasteiger partial charge in [0.15, 0.2) is 0 Å². The Hall–Kier alpha value is -5.68. The second-order valence-corrected chi connectivity index (χ2v) is 12.8. The molecule has 0 heterocycles. The molecule has 0 aliphatic heterocycles. The zero-order chi connectivity index (χ0) is 37.9. The summed E-state index contributed by atoms with van der Waals surface area (Å²) in [5.41, 5.74) is 3.27. The zero-order valence-electron chi connectivity index (χ0n) is 28.7. The molecular formula is C45H32F8. The first kappa shape index (κ1) is 37.1. The van der Waals surface area contributed by atoms with Gasteiger partial charge in [-0.15, -0.1) is 0 Å². The third-order valence-electron chi connectivity index (χ3n) is 9.08. The van der Waals surface area contributed by atoms with Gasteiger partial charge in [0.05, 0.1) is 11.1 Å². The Morgan fingerprint density at radius 1 is 0.642 bits per heavy atom. The maximum atomic E-state index is 15.2. The smallest absolute Gasteiger partial charge is 0.206 e. The van der Waals surface area contributed by atoms with Gasteiger partial charge in [0.1, 0.15) is 17.5 Å². The zero-order valence-corrected chi connectivity index (χ0v) is 28.7. The molecule has 0 aromatic heterocycles. The highest BCUT2D eigenvalue weighted by atomic mass is 19.4. The molecule has 0 unspecified atom stereocenters. The molecule has 6 aromatic rings. The van der Waals surface area contributed by atoms with Gasteiger partial charge < -0.3 is 0 Å². The summed E-state index contributed by atoms with van der Waals surface area (Å²) in [7, 11) is 0. The molecular weight excluding hydrogens is 692 g/mol. The Balaban J connectivity index is 1.27. The van der Waals surface area contributed by atoms with Crippen molar-refractivity contribution in [3.63, 3.8) is 0 Å². The summed E-state index contributed by atoms with van der Waals surface area (Å²) in [6, 6.07) is 25.7. The van der Waals surface area contributed by atoms with Gasteiger partial charge in [0.2, 0.25) is 0 Å². The molecule has 0 amide bonds. The number of halogens is 8. The van der Waals surface area contributed by atoms with Gasteiger partial charge in [-0.2, -0.15) is 22.0 Å². The van der Waals surface area contributed by atoms with E-state index < -0.39 is 40.8 Å². The van der Waals surface area contributed by atoms with E-state index in [1.165, 1.54) is 54.1 Å². The van der Waals surface area contributed by atoms with Crippen LogP contribution in [0.5, 0.6) is 0 Å². The van der Waals surface area contributed by atoms with Gasteiger partial charge in [-0.25, -0.2) is 13.2 Å². The van der Waals surface area contributed by atoms with Crippen LogP contribution in [0.3, 0.4) is 0 Å². The van der Waals surface area contributed by atoms with Crippen molar-refractivity contribution in [2.24, 2.45) is 0 Å². The minimum Gasteiger partial charge on any atom is -0.206 e. The van der Waals surface area contributed by atoms with Crippen LogP contribution in [0.1, 0.15) is 53.1 Å². The van der Waals surface area contributed by atoms with Crippen LogP contribution in [0, 0.1) is 36.2 Å². The molecule has 0 N–H and O–H groups in total. The molecule has 6 rings (SSSR count). The van der Waals surface area contributed by atoms with E-state index in [0.29, 0.717) is 22.8 Å². The Morgan fingerprint density at radius 3 is 1.92 bits per heavy atom. The van der Waals surface area contributed by atoms with Crippen LogP contribution in [-0.4, -0.2) is 0 Å². The number of hydrogen-bond acceptors (Lipinski definition) is 0. The van der Waals surface area contributed by atoms with Gasteiger partial charge in [-0.05, 0) is 124 Å². The Labute approximate surface area is 302 Å². The highest BCUT2D eigenvalue weighted by Gasteiger charge is 2.36. The SMILES string of the molecule is CCCc1ccc(-c2cc(C)c(C#Cc3ccc(-c4ccc5cc(-c6c(F)cc(CCC=C(F)F)cc6F)ccc5c4C(F)(F)F)cc3)cc2F)cc1. The molecule has 0 spiro atoms. The van der Waals surface area contributed by atoms with Crippen LogP contribution in [0.4, 0.5) is 35.1 Å². The molecule has 0 bridgehead atoms. The summed E-state index contributed by atoms with van der Waals surface area (Å²) in [4.78, 5) is 0. The lowest BCUT2D eigenvalue weighted by Crippen LogP contribution is -2.08. The average Bonchev–Trinajstić information content (AvgIpc) is 3.11. The van der Waals surface area contributed by atoms with E-state index in [4.69, 9.17) is 0 Å². The molecule has 0 saturated carbocycles. The average molecular weight is 725 g/mol. The summed E-state index contributed by atoms with van der Waals surface area (Å²) < 4.78 is 114. The lowest BCUT2D eigenvalue weighted by Gasteiger charge is -2.17. The van der Waals surface area contributed by atoms with Crippen LogP contribution in [0.2, 0.25) is 0 Å². The third kappa shape index (κ3) is 8.36. The minimum absolute atomic E-state index is 0.0169. The summed E-state index contributed by atoms with van der Waals surface area (Å²) in [5, 5.41) is -0.0347. The maximum absolute atomic E-state index is 15.2. The number of fused-ring (bicyclic) bond motifs is 1. The van der Waals surface area contributed by atoms with E-state index in [0.717, 1.165) is 36.1 Å². The van der Waals surface area contributed by atoms with Gasteiger partial charge in [-0.1, -0.05) is 85.8 Å². The molecule has 0 aliphatic rings. The topological polar surface area (TPSA) is 0 Å². The van der Waals surface area contributed by atoms with Crippen molar-refractivity contribution >= 4 is 10.8 Å². The molecule has 0 saturated heterocycles. The van der Waals surface area contributed by atoms with Crippen molar-refractivity contribution in [1.82, 2.24) is 0 Å². The van der Waals surface area contributed by atoms with Crippen LogP contribution in [0.25, 0.3) is 44.2 Å². The van der Waals surface area contributed by atoms with Crippen molar-refractivity contribution in [2.75, 3.05) is 0 Å². The summed E-state index contributed by atoms with van der Waals surface area (Å²) in [5.74, 6) is 3.65. The van der Waals surface area contributed by atoms with Crippen molar-refractivity contribution in [3.8, 4) is 45.2 Å². The fourth-order valence-electron chi connectivity index (χ4n) is 6.47. The third-order valence-corrected chi connectivity index (χ3v) is 9.08. The Kier molecular flexibility index (Phi) is 10.9. The van der Waals surface area contributed by atoms with E-state index >= 15 is 13.2 Å². The quantitative estimate of drug-likeness (QED) is 0.108. The summed E-state index contributed by atoms with van der Waals surface area (Å²) in [6.45, 7) is 3.94. The largest absolute Gasteiger partial charge is 0.417 e. The lowest BCUT2D eigenvalue weighted by molar-refractivity contribution is -0.135. The molecule has 0 fully saturated rings. The number of alkyl halides is 3. The van der Waals surface area contributed by atoms with Gasteiger partial charge in [0.25, 0.3) is 6.08 Å². The Bertz CT molecular complexity index is 2360. The van der Waals surface area contributed by atoms with Crippen molar-refractivity contribution < 1.29 is 35.1 Å². The fourth-order valence-corrected chi connectivity index (χ4v) is 6.47. The summed E-state index contributed by atoms with van der Waals surface area (Å²) in [6.07, 6.45) is -4.17. The standard InChI is InChI=1S/C45H32F8/c1-3-5-28-8-15-32(16-9-28)38-22-27(2)33(26-39(38)46)17-12-29-10-13-31(14-11-29)36-20-18-34-25-35(19-21-37(34)44(36)45(51,52)53)43-40(47)23-30(24-41(43)48)6-4-7-42(49)50/h7-11,13-16,18-26H,3-6H2,1-2H3. The highest BCUT2D eigenvalue weighted by Crippen LogP contribution is 2.43. The fraction of sp³-hybridized carbons (Fsp3) is 0.156. The van der Waals surface area contributed by atoms with Gasteiger partial charge >= 0.3 is 6.18 Å². The highest BCUT2D eigenvalue weighted by molar-refractivity contribution is 5.95. The monoisotopic (exact) mass is 724 g/mol. The predicted octanol–water partition coefficient (Wildman–Crippen LogP) is 13.7. The van der Waals surface area contributed by atoms with Crippen molar-refractivity contribution in [2.45, 2.75) is 45.7 Å². The predicted molar refractivity (Wildman–Crippen MR) is 195 cm³/mol.